The van der Waals surface area contributed by atoms with Crippen LogP contribution in [0.4, 0.5) is 11.6 Å². The van der Waals surface area contributed by atoms with E-state index in [4.69, 9.17) is 9.97 Å². The molecular formula is C35H25N3S. The fourth-order valence-corrected chi connectivity index (χ4v) is 6.45. The van der Waals surface area contributed by atoms with Gasteiger partial charge in [-0.25, -0.2) is 9.97 Å². The molecule has 4 heteroatoms. The number of thiophene rings is 1. The van der Waals surface area contributed by atoms with Crippen LogP contribution in [0.25, 0.3) is 48.3 Å². The highest BCUT2D eigenvalue weighted by Crippen LogP contribution is 2.44. The predicted molar refractivity (Wildman–Crippen MR) is 167 cm³/mol. The Labute approximate surface area is 231 Å². The van der Waals surface area contributed by atoms with E-state index in [-0.39, 0.29) is 0 Å². The van der Waals surface area contributed by atoms with Crippen LogP contribution in [-0.2, 0) is 0 Å². The minimum Gasteiger partial charge on any atom is -0.306 e. The Balaban J connectivity index is 1.49. The van der Waals surface area contributed by atoms with Crippen LogP contribution in [0.15, 0.2) is 134 Å². The van der Waals surface area contributed by atoms with Crippen LogP contribution in [0, 0.1) is 0 Å². The van der Waals surface area contributed by atoms with Crippen LogP contribution in [0.5, 0.6) is 0 Å². The van der Waals surface area contributed by atoms with E-state index in [2.05, 4.69) is 103 Å². The summed E-state index contributed by atoms with van der Waals surface area (Å²) in [6.07, 6.45) is 8.39. The van der Waals surface area contributed by atoms with Gasteiger partial charge in [-0.2, -0.15) is 0 Å². The van der Waals surface area contributed by atoms with Gasteiger partial charge in [-0.1, -0.05) is 116 Å². The van der Waals surface area contributed by atoms with Crippen molar-refractivity contribution >= 4 is 48.7 Å². The molecule has 0 amide bonds. The molecule has 0 fully saturated rings. The Bertz CT molecular complexity index is 1840. The number of fused-ring (bicyclic) bond motifs is 5. The average molecular weight is 520 g/mol. The zero-order valence-electron chi connectivity index (χ0n) is 21.3. The van der Waals surface area contributed by atoms with Gasteiger partial charge >= 0.3 is 0 Å². The van der Waals surface area contributed by atoms with E-state index in [0.717, 1.165) is 39.3 Å². The van der Waals surface area contributed by atoms with E-state index in [0.29, 0.717) is 12.5 Å². The topological polar surface area (TPSA) is 29.0 Å². The molecule has 3 heterocycles. The van der Waals surface area contributed by atoms with E-state index in [9.17, 15) is 0 Å². The van der Waals surface area contributed by atoms with Gasteiger partial charge in [0.25, 0.3) is 0 Å². The van der Waals surface area contributed by atoms with E-state index < -0.39 is 0 Å². The molecule has 0 aliphatic carbocycles. The van der Waals surface area contributed by atoms with Gasteiger partial charge in [-0.3, -0.25) is 0 Å². The summed E-state index contributed by atoms with van der Waals surface area (Å²) in [5.74, 6) is 0.663. The molecular weight excluding hydrogens is 494 g/mol. The molecule has 7 rings (SSSR count). The Kier molecular flexibility index (Phi) is 5.87. The molecule has 0 atom stereocenters. The summed E-state index contributed by atoms with van der Waals surface area (Å²) in [6.45, 7) is 5.13. The molecule has 39 heavy (non-hydrogen) atoms. The van der Waals surface area contributed by atoms with Crippen molar-refractivity contribution in [2.24, 2.45) is 0 Å². The van der Waals surface area contributed by atoms with Gasteiger partial charge in [0.2, 0.25) is 5.95 Å². The van der Waals surface area contributed by atoms with Gasteiger partial charge in [0, 0.05) is 43.4 Å². The summed E-state index contributed by atoms with van der Waals surface area (Å²) in [5, 5.41) is 2.52. The molecule has 1 aliphatic heterocycles. The van der Waals surface area contributed by atoms with Crippen LogP contribution in [0.1, 0.15) is 5.56 Å². The zero-order chi connectivity index (χ0) is 26.2. The first-order valence-corrected chi connectivity index (χ1v) is 13.8. The Morgan fingerprint density at radius 3 is 2.08 bits per heavy atom. The van der Waals surface area contributed by atoms with Crippen molar-refractivity contribution in [3.05, 3.63) is 140 Å². The highest BCUT2D eigenvalue weighted by atomic mass is 32.1. The first-order chi connectivity index (χ1) is 19.3. The third kappa shape index (κ3) is 4.25. The highest BCUT2D eigenvalue weighted by Gasteiger charge is 2.22. The smallest absolute Gasteiger partial charge is 0.231 e. The third-order valence-electron chi connectivity index (χ3n) is 7.06. The Morgan fingerprint density at radius 1 is 0.692 bits per heavy atom. The molecule has 0 spiro atoms. The number of aromatic nitrogens is 2. The normalized spacial score (nSPS) is 15.0. The van der Waals surface area contributed by atoms with Gasteiger partial charge in [0.15, 0.2) is 0 Å². The molecule has 0 saturated heterocycles. The lowest BCUT2D eigenvalue weighted by molar-refractivity contribution is 0.993. The van der Waals surface area contributed by atoms with Gasteiger partial charge < -0.3 is 4.90 Å². The second kappa shape index (κ2) is 9.82. The van der Waals surface area contributed by atoms with Crippen LogP contribution >= 0.6 is 11.3 Å². The Morgan fingerprint density at radius 2 is 1.36 bits per heavy atom. The van der Waals surface area contributed by atoms with Crippen molar-refractivity contribution in [1.82, 2.24) is 9.97 Å². The van der Waals surface area contributed by atoms with Crippen molar-refractivity contribution in [3.63, 3.8) is 0 Å². The lowest BCUT2D eigenvalue weighted by atomic mass is 10.0. The molecule has 186 valence electrons. The van der Waals surface area contributed by atoms with Gasteiger partial charge in [-0.05, 0) is 23.8 Å². The monoisotopic (exact) mass is 519 g/mol. The van der Waals surface area contributed by atoms with E-state index in [1.165, 1.54) is 20.2 Å². The average Bonchev–Trinajstić information content (AvgIpc) is 3.40. The first-order valence-electron chi connectivity index (χ1n) is 13.0. The summed E-state index contributed by atoms with van der Waals surface area (Å²) < 4.78 is 2.51. The SMILES string of the molecule is C=C1/C=C\C=C/CN(c2nc(-c3ccccc3)cc(-c3ccccc3)n2)c2ccc3c(sc4ccccc43)c21. The van der Waals surface area contributed by atoms with E-state index >= 15 is 0 Å². The van der Waals surface area contributed by atoms with Crippen LogP contribution in [0.2, 0.25) is 0 Å². The number of rotatable bonds is 3. The van der Waals surface area contributed by atoms with Crippen LogP contribution < -0.4 is 4.90 Å². The molecule has 4 aromatic carbocycles. The maximum Gasteiger partial charge on any atom is 0.231 e. The maximum absolute atomic E-state index is 5.14. The number of anilines is 2. The molecule has 6 aromatic rings. The molecule has 0 N–H and O–H groups in total. The quantitative estimate of drug-likeness (QED) is 0.233. The minimum absolute atomic E-state index is 0.632. The van der Waals surface area contributed by atoms with E-state index in [1.54, 1.807) is 0 Å². The van der Waals surface area contributed by atoms with Crippen molar-refractivity contribution < 1.29 is 0 Å². The second-order valence-electron chi connectivity index (χ2n) is 9.53. The highest BCUT2D eigenvalue weighted by molar-refractivity contribution is 7.26. The lowest BCUT2D eigenvalue weighted by Crippen LogP contribution is -2.21. The predicted octanol–water partition coefficient (Wildman–Crippen LogP) is 9.46. The molecule has 0 radical (unpaired) electrons. The molecule has 2 aromatic heterocycles. The number of hydrogen-bond donors (Lipinski definition) is 0. The van der Waals surface area contributed by atoms with Crippen LogP contribution in [0.3, 0.4) is 0 Å². The van der Waals surface area contributed by atoms with Gasteiger partial charge in [0.05, 0.1) is 17.1 Å². The minimum atomic E-state index is 0.632. The standard InChI is InChI=1S/C35H25N3S/c1-24-13-5-4-12-22-38(31-21-20-28-27-18-10-11-19-32(27)39-34(28)33(24)31)35-36-29(25-14-6-2-7-15-25)23-30(37-35)26-16-8-3-9-17-26/h2-21,23H,1,22H2/b12-4-,13-5-. The molecule has 3 nitrogen and oxygen atoms in total. The van der Waals surface area contributed by atoms with Crippen LogP contribution in [-0.4, -0.2) is 16.5 Å². The summed E-state index contributed by atoms with van der Waals surface area (Å²) in [4.78, 5) is 12.5. The summed E-state index contributed by atoms with van der Waals surface area (Å²) in [6, 6.07) is 35.8. The zero-order valence-corrected chi connectivity index (χ0v) is 22.1. The number of benzene rings is 4. The number of hydrogen-bond acceptors (Lipinski definition) is 4. The van der Waals surface area contributed by atoms with Crippen molar-refractivity contribution in [2.45, 2.75) is 0 Å². The summed E-state index contributed by atoms with van der Waals surface area (Å²) in [5.41, 5.74) is 7.06. The fourth-order valence-electron chi connectivity index (χ4n) is 5.17. The first kappa shape index (κ1) is 23.3. The molecule has 0 bridgehead atoms. The Hall–Kier alpha value is -4.80. The lowest BCUT2D eigenvalue weighted by Gasteiger charge is -2.25. The largest absolute Gasteiger partial charge is 0.306 e. The van der Waals surface area contributed by atoms with E-state index in [1.807, 2.05) is 47.7 Å². The van der Waals surface area contributed by atoms with Crippen molar-refractivity contribution in [3.8, 4) is 22.5 Å². The summed E-state index contributed by atoms with van der Waals surface area (Å²) in [7, 11) is 0. The molecule has 0 unspecified atom stereocenters. The fraction of sp³-hybridized carbons (Fsp3) is 0.0286. The molecule has 0 saturated carbocycles. The third-order valence-corrected chi connectivity index (χ3v) is 8.27. The van der Waals surface area contributed by atoms with Gasteiger partial charge in [0.1, 0.15) is 0 Å². The van der Waals surface area contributed by atoms with Crippen molar-refractivity contribution in [1.29, 1.82) is 0 Å². The maximum atomic E-state index is 5.14. The molecule has 1 aliphatic rings. The van der Waals surface area contributed by atoms with Crippen molar-refractivity contribution in [2.75, 3.05) is 11.4 Å². The van der Waals surface area contributed by atoms with Gasteiger partial charge in [-0.15, -0.1) is 11.3 Å². The second-order valence-corrected chi connectivity index (χ2v) is 10.6. The number of allylic oxidation sites excluding steroid dienone is 4. The summed E-state index contributed by atoms with van der Waals surface area (Å²) >= 11 is 1.82. The number of nitrogens with zero attached hydrogens (tertiary/aromatic N) is 3.